The van der Waals surface area contributed by atoms with Gasteiger partial charge in [-0.1, -0.05) is 0 Å². The van der Waals surface area contributed by atoms with Gasteiger partial charge < -0.3 is 14.9 Å². The Balaban J connectivity index is 1.60. The molecule has 0 radical (unpaired) electrons. The van der Waals surface area contributed by atoms with E-state index in [1.807, 2.05) is 6.07 Å². The maximum atomic E-state index is 11.7. The quantitative estimate of drug-likeness (QED) is 0.166. The lowest BCUT2D eigenvalue weighted by Gasteiger charge is -2.34. The lowest BCUT2D eigenvalue weighted by Crippen LogP contribution is -2.31. The van der Waals surface area contributed by atoms with Gasteiger partial charge in [-0.3, -0.25) is 20.2 Å². The fraction of sp³-hybridized carbons (Fsp3) is 0.357. The number of hydrogen-bond acceptors (Lipinski definition) is 11. The Morgan fingerprint density at radius 1 is 0.585 bits per heavy atom. The van der Waals surface area contributed by atoms with Gasteiger partial charge in [-0.15, -0.1) is 10.2 Å². The number of azo groups is 2. The van der Waals surface area contributed by atoms with Gasteiger partial charge in [-0.25, -0.2) is 0 Å². The van der Waals surface area contributed by atoms with Crippen LogP contribution >= 0.6 is 0 Å². The van der Waals surface area contributed by atoms with Crippen LogP contribution in [0.3, 0.4) is 0 Å². The van der Waals surface area contributed by atoms with Gasteiger partial charge in [0.05, 0.1) is 32.6 Å². The largest absolute Gasteiger partial charge is 0.504 e. The smallest absolute Gasteiger partial charge is 0.269 e. The topological polar surface area (TPSA) is 162 Å². The third kappa shape index (κ3) is 6.45. The summed E-state index contributed by atoms with van der Waals surface area (Å²) < 4.78 is 0. The van der Waals surface area contributed by atoms with Crippen molar-refractivity contribution in [3.63, 3.8) is 0 Å². The minimum absolute atomic E-state index is 0.0550. The van der Waals surface area contributed by atoms with Gasteiger partial charge in [0.2, 0.25) is 0 Å². The van der Waals surface area contributed by atoms with Gasteiger partial charge in [0.1, 0.15) is 0 Å². The van der Waals surface area contributed by atoms with Crippen molar-refractivity contribution in [3.05, 3.63) is 74.8 Å². The van der Waals surface area contributed by atoms with Crippen LogP contribution in [0.25, 0.3) is 0 Å². The molecule has 0 aromatic heterocycles. The molecule has 2 fully saturated rings. The van der Waals surface area contributed by atoms with Crippen LogP contribution in [0.1, 0.15) is 38.5 Å². The zero-order chi connectivity index (χ0) is 28.8. The van der Waals surface area contributed by atoms with Crippen LogP contribution in [0, 0.1) is 20.2 Å². The summed E-state index contributed by atoms with van der Waals surface area (Å²) in [6.45, 7) is 3.23. The molecule has 1 N–H and O–H groups in total. The van der Waals surface area contributed by atoms with E-state index in [9.17, 15) is 25.3 Å². The van der Waals surface area contributed by atoms with Gasteiger partial charge in [-0.2, -0.15) is 10.2 Å². The molecular weight excluding hydrogens is 528 g/mol. The molecule has 2 heterocycles. The number of nitrogens with zero attached hydrogens (tertiary/aromatic N) is 8. The van der Waals surface area contributed by atoms with Gasteiger partial charge >= 0.3 is 0 Å². The zero-order valence-electron chi connectivity index (χ0n) is 22.4. The molecule has 0 unspecified atom stereocenters. The van der Waals surface area contributed by atoms with Gasteiger partial charge in [0.15, 0.2) is 17.1 Å². The average molecular weight is 559 g/mol. The number of nitro benzene ring substituents is 2. The molecule has 2 saturated heterocycles. The van der Waals surface area contributed by atoms with Gasteiger partial charge in [0.25, 0.3) is 11.4 Å². The highest BCUT2D eigenvalue weighted by atomic mass is 16.6. The molecule has 0 amide bonds. The molecule has 0 spiro atoms. The monoisotopic (exact) mass is 558 g/mol. The van der Waals surface area contributed by atoms with E-state index < -0.39 is 9.85 Å². The van der Waals surface area contributed by atoms with E-state index in [-0.39, 0.29) is 28.5 Å². The van der Waals surface area contributed by atoms with Crippen LogP contribution in [0.15, 0.2) is 75.1 Å². The van der Waals surface area contributed by atoms with E-state index in [1.165, 1.54) is 48.5 Å². The van der Waals surface area contributed by atoms with E-state index in [0.29, 0.717) is 11.4 Å². The second-order valence-corrected chi connectivity index (χ2v) is 10.0. The number of non-ortho nitro benzene ring substituents is 2. The van der Waals surface area contributed by atoms with Crippen LogP contribution < -0.4 is 9.80 Å². The lowest BCUT2D eigenvalue weighted by atomic mass is 10.1. The summed E-state index contributed by atoms with van der Waals surface area (Å²) in [6, 6.07) is 13.4. The van der Waals surface area contributed by atoms with E-state index in [0.717, 1.165) is 76.1 Å². The SMILES string of the molecule is O=[N+]([O-])c1ccc(N=Nc2c(N3CCCCC3)cc(N3CCCCC3)c(N=Nc3ccc([N+](=O)[O-])cc3)c2O)cc1. The standard InChI is InChI=1S/C28H30N8O5/c37-28-26(31-29-20-7-11-22(12-8-20)35(38)39)24(33-15-3-1-4-16-33)19-25(34-17-5-2-6-18-34)27(28)32-30-21-9-13-23(14-10-21)36(40)41/h7-14,19,37H,1-6,15-18H2. The average Bonchev–Trinajstić information content (AvgIpc) is 3.00. The summed E-state index contributed by atoms with van der Waals surface area (Å²) >= 11 is 0. The normalized spacial score (nSPS) is 16.0. The van der Waals surface area contributed by atoms with Crippen LogP contribution in [0.5, 0.6) is 5.75 Å². The summed E-state index contributed by atoms with van der Waals surface area (Å²) in [5.74, 6) is -0.176. The van der Waals surface area contributed by atoms with Crippen molar-refractivity contribution < 1.29 is 15.0 Å². The minimum Gasteiger partial charge on any atom is -0.504 e. The minimum atomic E-state index is -0.483. The number of anilines is 2. The van der Waals surface area contributed by atoms with E-state index in [4.69, 9.17) is 0 Å². The van der Waals surface area contributed by atoms with Crippen molar-refractivity contribution in [2.45, 2.75) is 38.5 Å². The number of benzene rings is 3. The number of hydrogen-bond donors (Lipinski definition) is 1. The number of phenols is 1. The number of phenolic OH excluding ortho intramolecular Hbond substituents is 1. The Kier molecular flexibility index (Phi) is 8.42. The van der Waals surface area contributed by atoms with Crippen molar-refractivity contribution >= 4 is 45.5 Å². The van der Waals surface area contributed by atoms with Crippen LogP contribution in [-0.4, -0.2) is 41.1 Å². The second kappa shape index (κ2) is 12.5. The Bertz CT molecular complexity index is 1350. The number of piperidine rings is 2. The van der Waals surface area contributed by atoms with Crippen molar-refractivity contribution in [2.75, 3.05) is 36.0 Å². The Labute approximate surface area is 236 Å². The summed E-state index contributed by atoms with van der Waals surface area (Å²) in [5.41, 5.74) is 2.64. The van der Waals surface area contributed by atoms with Crippen LogP contribution in [0.4, 0.5) is 45.5 Å². The molecule has 0 aliphatic carbocycles. The maximum absolute atomic E-state index is 11.7. The second-order valence-electron chi connectivity index (χ2n) is 10.0. The molecule has 13 nitrogen and oxygen atoms in total. The first-order chi connectivity index (χ1) is 19.9. The Morgan fingerprint density at radius 2 is 0.951 bits per heavy atom. The number of nitro groups is 2. The van der Waals surface area contributed by atoms with Crippen molar-refractivity contribution in [1.29, 1.82) is 0 Å². The summed E-state index contributed by atoms with van der Waals surface area (Å²) in [6.07, 6.45) is 6.31. The molecular formula is C28H30N8O5. The zero-order valence-corrected chi connectivity index (χ0v) is 22.4. The van der Waals surface area contributed by atoms with Gasteiger partial charge in [0, 0.05) is 50.4 Å². The molecule has 13 heteroatoms. The van der Waals surface area contributed by atoms with Crippen molar-refractivity contribution in [3.8, 4) is 5.75 Å². The molecule has 41 heavy (non-hydrogen) atoms. The van der Waals surface area contributed by atoms with Gasteiger partial charge in [-0.05, 0) is 68.9 Å². The summed E-state index contributed by atoms with van der Waals surface area (Å²) in [7, 11) is 0. The predicted octanol–water partition coefficient (Wildman–Crippen LogP) is 8.02. The summed E-state index contributed by atoms with van der Waals surface area (Å²) in [4.78, 5) is 25.5. The molecule has 3 aromatic carbocycles. The van der Waals surface area contributed by atoms with E-state index >= 15 is 0 Å². The van der Waals surface area contributed by atoms with E-state index in [1.54, 1.807) is 0 Å². The molecule has 2 aliphatic heterocycles. The third-order valence-electron chi connectivity index (χ3n) is 7.25. The Hall–Kier alpha value is -4.94. The molecule has 0 atom stereocenters. The highest BCUT2D eigenvalue weighted by Crippen LogP contribution is 2.51. The Morgan fingerprint density at radius 3 is 1.29 bits per heavy atom. The molecule has 212 valence electrons. The predicted molar refractivity (Wildman–Crippen MR) is 155 cm³/mol. The lowest BCUT2D eigenvalue weighted by molar-refractivity contribution is -0.385. The highest BCUT2D eigenvalue weighted by molar-refractivity contribution is 5.89. The first-order valence-electron chi connectivity index (χ1n) is 13.6. The number of rotatable bonds is 8. The molecule has 3 aromatic rings. The third-order valence-corrected chi connectivity index (χ3v) is 7.25. The van der Waals surface area contributed by atoms with E-state index in [2.05, 4.69) is 30.3 Å². The fourth-order valence-corrected chi connectivity index (χ4v) is 5.07. The summed E-state index contributed by atoms with van der Waals surface area (Å²) in [5, 5.41) is 51.1. The van der Waals surface area contributed by atoms with Crippen molar-refractivity contribution in [1.82, 2.24) is 0 Å². The first kappa shape index (κ1) is 27.6. The number of aromatic hydroxyl groups is 1. The molecule has 2 aliphatic rings. The maximum Gasteiger partial charge on any atom is 0.269 e. The first-order valence-corrected chi connectivity index (χ1v) is 13.6. The molecule has 5 rings (SSSR count). The van der Waals surface area contributed by atoms with Crippen LogP contribution in [-0.2, 0) is 0 Å². The van der Waals surface area contributed by atoms with Crippen molar-refractivity contribution in [2.24, 2.45) is 20.5 Å². The highest BCUT2D eigenvalue weighted by Gasteiger charge is 2.26. The fourth-order valence-electron chi connectivity index (χ4n) is 5.07. The molecule has 0 bridgehead atoms. The molecule has 0 saturated carbocycles. The van der Waals surface area contributed by atoms with Crippen LogP contribution in [0.2, 0.25) is 0 Å².